The standard InChI is InChI=1S/C19H24N2O4/c1-12-6-15(7-13(2)19(12)25-5)10-20(4)18(24)11-21-14(3)8-16(22)9-17(21)23/h6-9,22H,10-11H2,1-5H3. The lowest BCUT2D eigenvalue weighted by Gasteiger charge is -2.20. The van der Waals surface area contributed by atoms with Crippen LogP contribution in [0, 0.1) is 20.8 Å². The minimum atomic E-state index is -0.393. The van der Waals surface area contributed by atoms with Gasteiger partial charge in [-0.1, -0.05) is 12.1 Å². The number of carbonyl (C=O) groups excluding carboxylic acids is 1. The van der Waals surface area contributed by atoms with Crippen molar-refractivity contribution in [3.05, 3.63) is 57.0 Å². The van der Waals surface area contributed by atoms with Crippen LogP contribution in [0.3, 0.4) is 0 Å². The maximum Gasteiger partial charge on any atom is 0.254 e. The number of aryl methyl sites for hydroxylation is 3. The van der Waals surface area contributed by atoms with Crippen molar-refractivity contribution < 1.29 is 14.6 Å². The summed E-state index contributed by atoms with van der Waals surface area (Å²) in [5.74, 6) is 0.578. The van der Waals surface area contributed by atoms with Crippen molar-refractivity contribution in [1.29, 1.82) is 0 Å². The molecule has 1 amide bonds. The number of ether oxygens (including phenoxy) is 1. The van der Waals surface area contributed by atoms with Gasteiger partial charge in [0, 0.05) is 25.4 Å². The lowest BCUT2D eigenvalue weighted by atomic mass is 10.1. The van der Waals surface area contributed by atoms with Gasteiger partial charge in [-0.25, -0.2) is 0 Å². The van der Waals surface area contributed by atoms with Crippen molar-refractivity contribution in [3.8, 4) is 11.5 Å². The summed E-state index contributed by atoms with van der Waals surface area (Å²) in [7, 11) is 3.35. The summed E-state index contributed by atoms with van der Waals surface area (Å²) < 4.78 is 6.71. The van der Waals surface area contributed by atoms with E-state index in [-0.39, 0.29) is 18.2 Å². The summed E-state index contributed by atoms with van der Waals surface area (Å²) in [4.78, 5) is 26.0. The van der Waals surface area contributed by atoms with Gasteiger partial charge in [-0.3, -0.25) is 9.59 Å². The average molecular weight is 344 g/mol. The van der Waals surface area contributed by atoms with E-state index in [1.54, 1.807) is 26.0 Å². The van der Waals surface area contributed by atoms with Crippen molar-refractivity contribution in [2.45, 2.75) is 33.9 Å². The van der Waals surface area contributed by atoms with Crippen molar-refractivity contribution in [3.63, 3.8) is 0 Å². The van der Waals surface area contributed by atoms with Crippen LogP contribution in [0.2, 0.25) is 0 Å². The molecule has 0 unspecified atom stereocenters. The second kappa shape index (κ2) is 7.42. The zero-order chi connectivity index (χ0) is 18.7. The molecule has 2 aromatic rings. The van der Waals surface area contributed by atoms with E-state index in [4.69, 9.17) is 4.74 Å². The topological polar surface area (TPSA) is 71.8 Å². The van der Waals surface area contributed by atoms with Crippen LogP contribution in [-0.2, 0) is 17.9 Å². The van der Waals surface area contributed by atoms with Crippen molar-refractivity contribution in [1.82, 2.24) is 9.47 Å². The van der Waals surface area contributed by atoms with Gasteiger partial charge in [-0.2, -0.15) is 0 Å². The summed E-state index contributed by atoms with van der Waals surface area (Å²) in [5, 5.41) is 9.43. The first-order valence-electron chi connectivity index (χ1n) is 8.01. The molecule has 0 aliphatic heterocycles. The largest absolute Gasteiger partial charge is 0.508 e. The average Bonchev–Trinajstić information content (AvgIpc) is 2.50. The van der Waals surface area contributed by atoms with Gasteiger partial charge in [0.15, 0.2) is 0 Å². The van der Waals surface area contributed by atoms with Gasteiger partial charge in [-0.15, -0.1) is 0 Å². The van der Waals surface area contributed by atoms with E-state index < -0.39 is 5.56 Å². The monoisotopic (exact) mass is 344 g/mol. The Morgan fingerprint density at radius 1 is 1.16 bits per heavy atom. The van der Waals surface area contributed by atoms with Gasteiger partial charge < -0.3 is 19.3 Å². The number of aromatic hydroxyl groups is 1. The van der Waals surface area contributed by atoms with Gasteiger partial charge in [0.1, 0.15) is 18.0 Å². The molecule has 1 aromatic carbocycles. The number of aromatic nitrogens is 1. The first-order valence-corrected chi connectivity index (χ1v) is 8.01. The van der Waals surface area contributed by atoms with E-state index in [1.807, 2.05) is 26.0 Å². The molecule has 0 aliphatic carbocycles. The molecule has 0 fully saturated rings. The SMILES string of the molecule is COc1c(C)cc(CN(C)C(=O)Cn2c(C)cc(O)cc2=O)cc1C. The summed E-state index contributed by atoms with van der Waals surface area (Å²) >= 11 is 0. The number of pyridine rings is 1. The number of nitrogens with zero attached hydrogens (tertiary/aromatic N) is 2. The highest BCUT2D eigenvalue weighted by Crippen LogP contribution is 2.24. The van der Waals surface area contributed by atoms with Crippen LogP contribution in [0.1, 0.15) is 22.4 Å². The zero-order valence-corrected chi connectivity index (χ0v) is 15.3. The molecular weight excluding hydrogens is 320 g/mol. The predicted octanol–water partition coefficient (Wildman–Crippen LogP) is 2.15. The fourth-order valence-corrected chi connectivity index (χ4v) is 2.99. The number of hydrogen-bond acceptors (Lipinski definition) is 4. The van der Waals surface area contributed by atoms with E-state index >= 15 is 0 Å². The Labute approximate surface area is 147 Å². The second-order valence-corrected chi connectivity index (χ2v) is 6.29. The van der Waals surface area contributed by atoms with Gasteiger partial charge in [0.05, 0.1) is 7.11 Å². The molecule has 2 rings (SSSR count). The Kier molecular flexibility index (Phi) is 5.51. The molecule has 0 spiro atoms. The third-order valence-electron chi connectivity index (χ3n) is 4.18. The molecule has 0 aliphatic rings. The molecule has 134 valence electrons. The van der Waals surface area contributed by atoms with Crippen LogP contribution in [0.25, 0.3) is 0 Å². The van der Waals surface area contributed by atoms with Crippen LogP contribution >= 0.6 is 0 Å². The number of benzene rings is 1. The van der Waals surface area contributed by atoms with Crippen LogP contribution < -0.4 is 10.3 Å². The summed E-state index contributed by atoms with van der Waals surface area (Å²) in [6.07, 6.45) is 0. The zero-order valence-electron chi connectivity index (χ0n) is 15.3. The van der Waals surface area contributed by atoms with E-state index in [0.717, 1.165) is 28.5 Å². The highest BCUT2D eigenvalue weighted by atomic mass is 16.5. The molecule has 0 atom stereocenters. The Balaban J connectivity index is 2.15. The highest BCUT2D eigenvalue weighted by molar-refractivity contribution is 5.75. The number of likely N-dealkylation sites (N-methyl/N-ethyl adjacent to an activating group) is 1. The van der Waals surface area contributed by atoms with Crippen LogP contribution in [0.4, 0.5) is 0 Å². The molecule has 0 saturated heterocycles. The molecule has 0 saturated carbocycles. The maximum absolute atomic E-state index is 12.5. The van der Waals surface area contributed by atoms with Crippen LogP contribution in [0.5, 0.6) is 11.5 Å². The van der Waals surface area contributed by atoms with E-state index in [2.05, 4.69) is 0 Å². The lowest BCUT2D eigenvalue weighted by Crippen LogP contribution is -2.34. The van der Waals surface area contributed by atoms with Gasteiger partial charge in [0.2, 0.25) is 5.91 Å². The quantitative estimate of drug-likeness (QED) is 0.902. The normalized spacial score (nSPS) is 10.6. The number of methoxy groups -OCH3 is 1. The van der Waals surface area contributed by atoms with E-state index in [0.29, 0.717) is 12.2 Å². The number of rotatable bonds is 5. The van der Waals surface area contributed by atoms with Gasteiger partial charge >= 0.3 is 0 Å². The minimum Gasteiger partial charge on any atom is -0.508 e. The smallest absolute Gasteiger partial charge is 0.254 e. The summed E-state index contributed by atoms with van der Waals surface area (Å²) in [6, 6.07) is 6.56. The van der Waals surface area contributed by atoms with Crippen LogP contribution in [-0.4, -0.2) is 34.6 Å². The fraction of sp³-hybridized carbons (Fsp3) is 0.368. The first-order chi connectivity index (χ1) is 11.7. The molecule has 25 heavy (non-hydrogen) atoms. The highest BCUT2D eigenvalue weighted by Gasteiger charge is 2.14. The van der Waals surface area contributed by atoms with Gasteiger partial charge in [-0.05, 0) is 43.5 Å². The van der Waals surface area contributed by atoms with Crippen molar-refractivity contribution in [2.24, 2.45) is 0 Å². The molecule has 1 aromatic heterocycles. The third kappa shape index (κ3) is 4.21. The Hall–Kier alpha value is -2.76. The Bertz CT molecular complexity index is 832. The van der Waals surface area contributed by atoms with Crippen molar-refractivity contribution in [2.75, 3.05) is 14.2 Å². The number of hydrogen-bond donors (Lipinski definition) is 1. The van der Waals surface area contributed by atoms with Crippen molar-refractivity contribution >= 4 is 5.91 Å². The Morgan fingerprint density at radius 2 is 1.76 bits per heavy atom. The van der Waals surface area contributed by atoms with Gasteiger partial charge in [0.25, 0.3) is 5.56 Å². The molecule has 0 bridgehead atoms. The second-order valence-electron chi connectivity index (χ2n) is 6.29. The molecular formula is C19H24N2O4. The number of carbonyl (C=O) groups is 1. The number of amides is 1. The third-order valence-corrected chi connectivity index (χ3v) is 4.18. The maximum atomic E-state index is 12.5. The lowest BCUT2D eigenvalue weighted by molar-refractivity contribution is -0.131. The molecule has 1 N–H and O–H groups in total. The predicted molar refractivity (Wildman–Crippen MR) is 96.0 cm³/mol. The summed E-state index contributed by atoms with van der Waals surface area (Å²) in [6.45, 7) is 6.00. The van der Waals surface area contributed by atoms with E-state index in [1.165, 1.54) is 10.6 Å². The molecule has 1 heterocycles. The Morgan fingerprint density at radius 3 is 2.28 bits per heavy atom. The van der Waals surface area contributed by atoms with Crippen LogP contribution in [0.15, 0.2) is 29.1 Å². The summed E-state index contributed by atoms with van der Waals surface area (Å²) in [5.41, 5.74) is 3.19. The fourth-order valence-electron chi connectivity index (χ4n) is 2.99. The molecule has 0 radical (unpaired) electrons. The van der Waals surface area contributed by atoms with E-state index in [9.17, 15) is 14.7 Å². The molecule has 6 nitrogen and oxygen atoms in total. The first kappa shape index (κ1) is 18.6. The molecule has 6 heteroatoms. The minimum absolute atomic E-state index is 0.0600.